The van der Waals surface area contributed by atoms with E-state index in [0.29, 0.717) is 25.7 Å². The number of aliphatic hydroxyl groups excluding tert-OH is 6. The summed E-state index contributed by atoms with van der Waals surface area (Å²) in [5.74, 6) is -1.24. The van der Waals surface area contributed by atoms with E-state index in [1.165, 1.54) is 19.3 Å². The number of rotatable bonds is 35. The van der Waals surface area contributed by atoms with Crippen molar-refractivity contribution in [3.05, 3.63) is 85.1 Å². The number of esters is 2. The Morgan fingerprint density at radius 2 is 1.02 bits per heavy atom. The van der Waals surface area contributed by atoms with Crippen LogP contribution in [0.15, 0.2) is 85.1 Å². The Labute approximate surface area is 370 Å². The Kier molecular flexibility index (Phi) is 33.4. The highest BCUT2D eigenvalue weighted by molar-refractivity contribution is 7.47. The van der Waals surface area contributed by atoms with E-state index in [-0.39, 0.29) is 18.9 Å². The molecular weight excluding hydrogens is 819 g/mol. The van der Waals surface area contributed by atoms with Crippen LogP contribution in [0, 0.1) is 0 Å². The molecule has 0 aromatic heterocycles. The van der Waals surface area contributed by atoms with Crippen LogP contribution in [0.1, 0.15) is 136 Å². The van der Waals surface area contributed by atoms with E-state index >= 15 is 0 Å². The van der Waals surface area contributed by atoms with Crippen LogP contribution in [0.25, 0.3) is 0 Å². The SMILES string of the molecule is CCCCC/C=C\C/C=C\C/C=C\CCCCC(=O)O[C@H](COC(=O)CCC/C=C\C/C=C\C/C=C\C/C=C\[C@@H](O)CCCC)COP(=O)(O)OC1[C@H](O)[C@H](O)C(O)[C@H](O)[C@H]1O. The molecule has 0 amide bonds. The zero-order valence-electron chi connectivity index (χ0n) is 37.0. The Bertz CT molecular complexity index is 1420. The van der Waals surface area contributed by atoms with Crippen LogP contribution in [0.2, 0.25) is 0 Å². The van der Waals surface area contributed by atoms with Crippen molar-refractivity contribution in [2.75, 3.05) is 13.2 Å². The molecule has 15 heteroatoms. The first kappa shape index (κ1) is 57.0. The number of phosphoric ester groups is 1. The first-order chi connectivity index (χ1) is 29.8. The smallest absolute Gasteiger partial charge is 0.462 e. The van der Waals surface area contributed by atoms with E-state index in [1.54, 1.807) is 0 Å². The molecule has 0 aromatic carbocycles. The second kappa shape index (κ2) is 36.3. The molecule has 3 unspecified atom stereocenters. The third kappa shape index (κ3) is 28.6. The first-order valence-electron chi connectivity index (χ1n) is 22.5. The Balaban J connectivity index is 2.56. The van der Waals surface area contributed by atoms with E-state index < -0.39 is 75.7 Å². The second-order valence-electron chi connectivity index (χ2n) is 15.4. The number of unbranched alkanes of at least 4 members (excludes halogenated alkanes) is 7. The Morgan fingerprint density at radius 1 is 0.565 bits per heavy atom. The van der Waals surface area contributed by atoms with Gasteiger partial charge in [0.05, 0.1) is 12.7 Å². The fourth-order valence-corrected chi connectivity index (χ4v) is 7.04. The molecule has 0 radical (unpaired) electrons. The molecule has 354 valence electrons. The summed E-state index contributed by atoms with van der Waals surface area (Å²) >= 11 is 0. The third-order valence-corrected chi connectivity index (χ3v) is 10.8. The van der Waals surface area contributed by atoms with Gasteiger partial charge in [-0.05, 0) is 83.5 Å². The molecule has 14 nitrogen and oxygen atoms in total. The van der Waals surface area contributed by atoms with Crippen molar-refractivity contribution in [2.24, 2.45) is 0 Å². The maximum atomic E-state index is 12.8. The van der Waals surface area contributed by atoms with Gasteiger partial charge in [-0.1, -0.05) is 125 Å². The van der Waals surface area contributed by atoms with Gasteiger partial charge < -0.3 is 45.0 Å². The van der Waals surface area contributed by atoms with Crippen molar-refractivity contribution in [3.8, 4) is 0 Å². The molecule has 1 aliphatic carbocycles. The molecule has 0 aromatic rings. The molecule has 1 fully saturated rings. The summed E-state index contributed by atoms with van der Waals surface area (Å²) < 4.78 is 33.4. The minimum atomic E-state index is -5.15. The van der Waals surface area contributed by atoms with Gasteiger partial charge >= 0.3 is 19.8 Å². The fraction of sp³-hybridized carbons (Fsp3) is 0.660. The molecule has 0 saturated heterocycles. The number of hydrogen-bond acceptors (Lipinski definition) is 13. The van der Waals surface area contributed by atoms with Gasteiger partial charge in [0.1, 0.15) is 43.2 Å². The summed E-state index contributed by atoms with van der Waals surface area (Å²) in [6, 6.07) is 0. The monoisotopic (exact) mass is 897 g/mol. The maximum absolute atomic E-state index is 12.8. The molecule has 1 aliphatic rings. The van der Waals surface area contributed by atoms with Gasteiger partial charge in [-0.3, -0.25) is 18.6 Å². The number of ether oxygens (including phenoxy) is 2. The van der Waals surface area contributed by atoms with Gasteiger partial charge in [0.25, 0.3) is 0 Å². The number of hydrogen-bond donors (Lipinski definition) is 7. The van der Waals surface area contributed by atoms with Crippen molar-refractivity contribution in [1.82, 2.24) is 0 Å². The number of carbonyl (C=O) groups is 2. The molecule has 9 atom stereocenters. The van der Waals surface area contributed by atoms with E-state index in [4.69, 9.17) is 18.5 Å². The van der Waals surface area contributed by atoms with E-state index in [9.17, 15) is 49.7 Å². The van der Waals surface area contributed by atoms with Gasteiger partial charge in [-0.15, -0.1) is 0 Å². The molecule has 0 spiro atoms. The van der Waals surface area contributed by atoms with Crippen LogP contribution in [-0.4, -0.2) is 110 Å². The molecular formula is C47H77O14P. The number of allylic oxidation sites excluding steroid dienone is 13. The minimum Gasteiger partial charge on any atom is -0.462 e. The summed E-state index contributed by atoms with van der Waals surface area (Å²) in [5.41, 5.74) is 0. The molecule has 0 heterocycles. The summed E-state index contributed by atoms with van der Waals surface area (Å²) in [6.07, 6.45) is 29.8. The lowest BCUT2D eigenvalue weighted by Gasteiger charge is -2.41. The molecule has 0 bridgehead atoms. The lowest BCUT2D eigenvalue weighted by Crippen LogP contribution is -2.64. The average molecular weight is 897 g/mol. The Hall–Kier alpha value is -3.01. The first-order valence-corrected chi connectivity index (χ1v) is 24.0. The van der Waals surface area contributed by atoms with Crippen LogP contribution >= 0.6 is 7.82 Å². The van der Waals surface area contributed by atoms with Crippen LogP contribution in [0.3, 0.4) is 0 Å². The second-order valence-corrected chi connectivity index (χ2v) is 16.8. The van der Waals surface area contributed by atoms with Crippen molar-refractivity contribution < 1.29 is 68.2 Å². The highest BCUT2D eigenvalue weighted by Crippen LogP contribution is 2.47. The lowest BCUT2D eigenvalue weighted by atomic mass is 9.85. The van der Waals surface area contributed by atoms with E-state index in [0.717, 1.165) is 64.2 Å². The van der Waals surface area contributed by atoms with Gasteiger partial charge in [-0.2, -0.15) is 0 Å². The zero-order valence-corrected chi connectivity index (χ0v) is 37.9. The van der Waals surface area contributed by atoms with Gasteiger partial charge in [0.15, 0.2) is 6.10 Å². The van der Waals surface area contributed by atoms with Crippen molar-refractivity contribution in [2.45, 2.75) is 185 Å². The van der Waals surface area contributed by atoms with Gasteiger partial charge in [0.2, 0.25) is 0 Å². The lowest BCUT2D eigenvalue weighted by molar-refractivity contribution is -0.220. The van der Waals surface area contributed by atoms with Crippen LogP contribution < -0.4 is 0 Å². The standard InChI is InChI=1S/C47H77O14P/c1-3-5-7-8-9-10-11-12-13-14-19-22-25-28-31-35-41(50)60-39(37-59-62(56,57)61-47-45(54)43(52)42(51)44(53)46(47)55)36-58-40(49)34-30-27-24-21-18-16-15-17-20-23-26-29-33-38(48)32-6-4-2/h9-10,12-13,15-16,19-24,29,33,38-39,42-48,51-55H,3-8,11,14,17-18,25-28,30-32,34-37H2,1-2H3,(H,56,57)/b10-9-,13-12-,16-15-,22-19-,23-20-,24-21-,33-29-/t38-,39+,42?,43-,44+,45+,46+,47?/m0/s1. The molecule has 1 saturated carbocycles. The summed E-state index contributed by atoms with van der Waals surface area (Å²) in [4.78, 5) is 35.6. The van der Waals surface area contributed by atoms with E-state index in [1.807, 2.05) is 36.5 Å². The average Bonchev–Trinajstić information content (AvgIpc) is 3.25. The molecule has 62 heavy (non-hydrogen) atoms. The molecule has 1 rings (SSSR count). The topological polar surface area (TPSA) is 230 Å². The van der Waals surface area contributed by atoms with Gasteiger partial charge in [0, 0.05) is 12.8 Å². The van der Waals surface area contributed by atoms with Crippen molar-refractivity contribution >= 4 is 19.8 Å². The number of carbonyl (C=O) groups excluding carboxylic acids is 2. The van der Waals surface area contributed by atoms with Crippen molar-refractivity contribution in [3.63, 3.8) is 0 Å². The van der Waals surface area contributed by atoms with Crippen LogP contribution in [0.4, 0.5) is 0 Å². The van der Waals surface area contributed by atoms with Crippen LogP contribution in [0.5, 0.6) is 0 Å². The van der Waals surface area contributed by atoms with Crippen molar-refractivity contribution in [1.29, 1.82) is 0 Å². The quantitative estimate of drug-likeness (QED) is 0.0142. The van der Waals surface area contributed by atoms with Gasteiger partial charge in [-0.25, -0.2) is 4.57 Å². The number of aliphatic hydroxyl groups is 6. The highest BCUT2D eigenvalue weighted by atomic mass is 31.2. The Morgan fingerprint density at radius 3 is 1.55 bits per heavy atom. The zero-order chi connectivity index (χ0) is 45.9. The number of phosphoric acid groups is 1. The fourth-order valence-electron chi connectivity index (χ4n) is 6.07. The van der Waals surface area contributed by atoms with E-state index in [2.05, 4.69) is 62.5 Å². The largest absolute Gasteiger partial charge is 0.472 e. The highest BCUT2D eigenvalue weighted by Gasteiger charge is 2.51. The molecule has 0 aliphatic heterocycles. The summed E-state index contributed by atoms with van der Waals surface area (Å²) in [6.45, 7) is 3.01. The maximum Gasteiger partial charge on any atom is 0.472 e. The molecule has 7 N–H and O–H groups in total. The summed E-state index contributed by atoms with van der Waals surface area (Å²) in [7, 11) is -5.15. The summed E-state index contributed by atoms with van der Waals surface area (Å²) in [5, 5.41) is 59.9. The predicted molar refractivity (Wildman–Crippen MR) is 241 cm³/mol. The minimum absolute atomic E-state index is 0.0233. The normalized spacial score (nSPS) is 23.2. The van der Waals surface area contributed by atoms with Crippen LogP contribution in [-0.2, 0) is 32.7 Å². The predicted octanol–water partition coefficient (Wildman–Crippen LogP) is 7.47. The third-order valence-electron chi connectivity index (χ3n) is 9.78.